The first-order valence-corrected chi connectivity index (χ1v) is 8.54. The molecule has 1 fully saturated rings. The van der Waals surface area contributed by atoms with Crippen LogP contribution < -0.4 is 5.32 Å². The van der Waals surface area contributed by atoms with Gasteiger partial charge in [0.25, 0.3) is 0 Å². The predicted octanol–water partition coefficient (Wildman–Crippen LogP) is 2.32. The summed E-state index contributed by atoms with van der Waals surface area (Å²) in [7, 11) is 4.26. The molecule has 1 aliphatic carbocycles. The van der Waals surface area contributed by atoms with Crippen molar-refractivity contribution in [3.63, 3.8) is 0 Å². The molecule has 0 aromatic rings. The van der Waals surface area contributed by atoms with E-state index < -0.39 is 0 Å². The molecule has 1 rings (SSSR count). The number of nitrogens with zero attached hydrogens (tertiary/aromatic N) is 3. The van der Waals surface area contributed by atoms with Gasteiger partial charge in [-0.15, -0.1) is 0 Å². The zero-order valence-electron chi connectivity index (χ0n) is 14.7. The highest BCUT2D eigenvalue weighted by Crippen LogP contribution is 2.37. The van der Waals surface area contributed by atoms with E-state index in [1.165, 1.54) is 12.8 Å². The third-order valence-corrected chi connectivity index (χ3v) is 4.94. The minimum atomic E-state index is -0.265. The number of rotatable bonds is 9. The fraction of sp³-hybridized carbons (Fsp3) is 0.941. The topological polar surface area (TPSA) is 42.3 Å². The van der Waals surface area contributed by atoms with Gasteiger partial charge in [-0.1, -0.05) is 20.3 Å². The van der Waals surface area contributed by atoms with E-state index in [4.69, 9.17) is 0 Å². The van der Waals surface area contributed by atoms with Crippen molar-refractivity contribution in [3.05, 3.63) is 0 Å². The molecule has 0 bridgehead atoms. The minimum Gasteiger partial charge on any atom is -0.308 e. The molecule has 4 heteroatoms. The Morgan fingerprint density at radius 2 is 2.10 bits per heavy atom. The SMILES string of the molecule is CCNC1(C#N)CCCC1CCN(CC)C(C)CN(C)C. The minimum absolute atomic E-state index is 0.265. The van der Waals surface area contributed by atoms with Crippen molar-refractivity contribution in [2.75, 3.05) is 40.3 Å². The van der Waals surface area contributed by atoms with Crippen LogP contribution in [0, 0.1) is 17.2 Å². The molecule has 3 atom stereocenters. The Morgan fingerprint density at radius 3 is 2.62 bits per heavy atom. The van der Waals surface area contributed by atoms with E-state index in [0.717, 1.165) is 39.0 Å². The van der Waals surface area contributed by atoms with Crippen molar-refractivity contribution in [3.8, 4) is 6.07 Å². The molecular formula is C17H34N4. The van der Waals surface area contributed by atoms with Crippen LogP contribution in [0.4, 0.5) is 0 Å². The summed E-state index contributed by atoms with van der Waals surface area (Å²) < 4.78 is 0. The van der Waals surface area contributed by atoms with Crippen LogP contribution in [0.1, 0.15) is 46.5 Å². The number of nitrogens with one attached hydrogen (secondary N) is 1. The molecule has 1 saturated carbocycles. The number of hydrogen-bond donors (Lipinski definition) is 1. The molecule has 3 unspecified atom stereocenters. The summed E-state index contributed by atoms with van der Waals surface area (Å²) in [6.07, 6.45) is 4.53. The first-order chi connectivity index (χ1) is 9.99. The van der Waals surface area contributed by atoms with Crippen molar-refractivity contribution >= 4 is 0 Å². The van der Waals surface area contributed by atoms with Gasteiger partial charge in [-0.2, -0.15) is 5.26 Å². The van der Waals surface area contributed by atoms with Crippen LogP contribution in [0.25, 0.3) is 0 Å². The van der Waals surface area contributed by atoms with Gasteiger partial charge in [-0.3, -0.25) is 10.2 Å². The van der Waals surface area contributed by atoms with E-state index in [0.29, 0.717) is 12.0 Å². The first kappa shape index (κ1) is 18.4. The van der Waals surface area contributed by atoms with Crippen molar-refractivity contribution in [1.29, 1.82) is 5.26 Å². The van der Waals surface area contributed by atoms with Crippen molar-refractivity contribution in [2.24, 2.45) is 5.92 Å². The van der Waals surface area contributed by atoms with Crippen molar-refractivity contribution < 1.29 is 0 Å². The molecular weight excluding hydrogens is 260 g/mol. The maximum Gasteiger partial charge on any atom is 0.109 e. The van der Waals surface area contributed by atoms with Gasteiger partial charge in [0.05, 0.1) is 6.07 Å². The van der Waals surface area contributed by atoms with Gasteiger partial charge in [0, 0.05) is 12.6 Å². The lowest BCUT2D eigenvalue weighted by molar-refractivity contribution is 0.161. The molecule has 122 valence electrons. The summed E-state index contributed by atoms with van der Waals surface area (Å²) in [6, 6.07) is 3.17. The molecule has 1 aliphatic rings. The lowest BCUT2D eigenvalue weighted by Gasteiger charge is -2.34. The van der Waals surface area contributed by atoms with Gasteiger partial charge in [-0.05, 0) is 65.8 Å². The Balaban J connectivity index is 2.57. The zero-order valence-corrected chi connectivity index (χ0v) is 14.7. The lowest BCUT2D eigenvalue weighted by Crippen LogP contribution is -2.48. The molecule has 21 heavy (non-hydrogen) atoms. The van der Waals surface area contributed by atoms with E-state index in [1.54, 1.807) is 0 Å². The molecule has 0 aromatic heterocycles. The van der Waals surface area contributed by atoms with Gasteiger partial charge >= 0.3 is 0 Å². The summed E-state index contributed by atoms with van der Waals surface area (Å²) in [4.78, 5) is 4.80. The number of likely N-dealkylation sites (N-methyl/N-ethyl adjacent to an activating group) is 2. The Morgan fingerprint density at radius 1 is 1.38 bits per heavy atom. The fourth-order valence-electron chi connectivity index (χ4n) is 3.86. The first-order valence-electron chi connectivity index (χ1n) is 8.54. The molecule has 1 N–H and O–H groups in total. The monoisotopic (exact) mass is 294 g/mol. The maximum atomic E-state index is 9.64. The highest BCUT2D eigenvalue weighted by atomic mass is 15.2. The lowest BCUT2D eigenvalue weighted by atomic mass is 9.85. The highest BCUT2D eigenvalue weighted by molar-refractivity contribution is 5.14. The van der Waals surface area contributed by atoms with Gasteiger partial charge < -0.3 is 4.90 Å². The summed E-state index contributed by atoms with van der Waals surface area (Å²) >= 11 is 0. The van der Waals surface area contributed by atoms with Gasteiger partial charge in [0.2, 0.25) is 0 Å². The van der Waals surface area contributed by atoms with Crippen LogP contribution >= 0.6 is 0 Å². The third-order valence-electron chi connectivity index (χ3n) is 4.94. The fourth-order valence-corrected chi connectivity index (χ4v) is 3.86. The van der Waals surface area contributed by atoms with E-state index in [9.17, 15) is 5.26 Å². The maximum absolute atomic E-state index is 9.64. The Kier molecular flexibility index (Phi) is 7.65. The predicted molar refractivity (Wildman–Crippen MR) is 89.2 cm³/mol. The summed E-state index contributed by atoms with van der Waals surface area (Å²) in [5.74, 6) is 0.503. The normalized spacial score (nSPS) is 27.2. The molecule has 0 aliphatic heterocycles. The summed E-state index contributed by atoms with van der Waals surface area (Å²) in [5, 5.41) is 13.1. The highest BCUT2D eigenvalue weighted by Gasteiger charge is 2.42. The molecule has 0 heterocycles. The number of hydrogen-bond acceptors (Lipinski definition) is 4. The van der Waals surface area contributed by atoms with Gasteiger partial charge in [0.15, 0.2) is 0 Å². The molecule has 0 saturated heterocycles. The summed E-state index contributed by atoms with van der Waals surface area (Å²) in [5.41, 5.74) is -0.265. The van der Waals surface area contributed by atoms with E-state index in [-0.39, 0.29) is 5.54 Å². The molecule has 4 nitrogen and oxygen atoms in total. The molecule has 0 spiro atoms. The summed E-state index contributed by atoms with van der Waals surface area (Å²) in [6.45, 7) is 10.8. The average molecular weight is 294 g/mol. The molecule has 0 radical (unpaired) electrons. The molecule has 0 aromatic carbocycles. The molecule has 0 amide bonds. The second-order valence-corrected chi connectivity index (χ2v) is 6.73. The van der Waals surface area contributed by atoms with Gasteiger partial charge in [0.1, 0.15) is 5.54 Å². The van der Waals surface area contributed by atoms with Gasteiger partial charge in [-0.25, -0.2) is 0 Å². The largest absolute Gasteiger partial charge is 0.308 e. The van der Waals surface area contributed by atoms with Crippen LogP contribution in [-0.2, 0) is 0 Å². The Bertz CT molecular complexity index is 336. The standard InChI is InChI=1S/C17H34N4/c1-6-19-17(14-18)11-8-9-16(17)10-12-21(7-2)15(3)13-20(4)5/h15-16,19H,6-13H2,1-5H3. The van der Waals surface area contributed by atoms with Crippen LogP contribution in [0.5, 0.6) is 0 Å². The van der Waals surface area contributed by atoms with Crippen molar-refractivity contribution in [2.45, 2.75) is 58.0 Å². The van der Waals surface area contributed by atoms with E-state index >= 15 is 0 Å². The smallest absolute Gasteiger partial charge is 0.109 e. The number of nitriles is 1. The van der Waals surface area contributed by atoms with E-state index in [2.05, 4.69) is 56.1 Å². The van der Waals surface area contributed by atoms with Crippen LogP contribution in [0.2, 0.25) is 0 Å². The van der Waals surface area contributed by atoms with Crippen molar-refractivity contribution in [1.82, 2.24) is 15.1 Å². The Labute approximate surface area is 131 Å². The van der Waals surface area contributed by atoms with Crippen LogP contribution in [0.3, 0.4) is 0 Å². The average Bonchev–Trinajstić information content (AvgIpc) is 2.82. The second-order valence-electron chi connectivity index (χ2n) is 6.73. The third kappa shape index (κ3) is 4.95. The van der Waals surface area contributed by atoms with Crippen LogP contribution in [0.15, 0.2) is 0 Å². The second kappa shape index (κ2) is 8.73. The van der Waals surface area contributed by atoms with Crippen LogP contribution in [-0.4, -0.2) is 61.7 Å². The van der Waals surface area contributed by atoms with E-state index in [1.807, 2.05) is 0 Å². The quantitative estimate of drug-likeness (QED) is 0.709. The Hall–Kier alpha value is -0.630. The zero-order chi connectivity index (χ0) is 15.9.